The van der Waals surface area contributed by atoms with Crippen LogP contribution in [0.2, 0.25) is 0 Å². The number of nitrogens with one attached hydrogen (secondary N) is 2. The summed E-state index contributed by atoms with van der Waals surface area (Å²) in [4.78, 5) is 43.0. The third-order valence-corrected chi connectivity index (χ3v) is 6.43. The lowest BCUT2D eigenvalue weighted by molar-refractivity contribution is -0.128. The molecule has 0 aliphatic rings. The van der Waals surface area contributed by atoms with E-state index in [4.69, 9.17) is 9.15 Å². The summed E-state index contributed by atoms with van der Waals surface area (Å²) in [6.07, 6.45) is 3.24. The summed E-state index contributed by atoms with van der Waals surface area (Å²) in [7, 11) is 0. The molecule has 37 heavy (non-hydrogen) atoms. The van der Waals surface area contributed by atoms with Crippen LogP contribution in [-0.4, -0.2) is 40.6 Å². The number of hydrogen-bond donors (Lipinski definition) is 2. The van der Waals surface area contributed by atoms with E-state index in [2.05, 4.69) is 15.6 Å². The summed E-state index contributed by atoms with van der Waals surface area (Å²) >= 11 is 1.43. The molecule has 0 saturated carbocycles. The Morgan fingerprint density at radius 1 is 0.973 bits per heavy atom. The van der Waals surface area contributed by atoms with Gasteiger partial charge < -0.3 is 19.8 Å². The van der Waals surface area contributed by atoms with Gasteiger partial charge in [0.15, 0.2) is 5.78 Å². The molecule has 0 radical (unpaired) electrons. The summed E-state index contributed by atoms with van der Waals surface area (Å²) in [6, 6.07) is 16.9. The van der Waals surface area contributed by atoms with Crippen molar-refractivity contribution >= 4 is 29.5 Å². The Morgan fingerprint density at radius 3 is 2.43 bits per heavy atom. The van der Waals surface area contributed by atoms with E-state index < -0.39 is 24.1 Å². The Hall–Kier alpha value is -3.59. The number of amides is 2. The molecule has 196 valence electrons. The predicted molar refractivity (Wildman–Crippen MR) is 143 cm³/mol. The van der Waals surface area contributed by atoms with Gasteiger partial charge in [-0.3, -0.25) is 14.6 Å². The van der Waals surface area contributed by atoms with Crippen molar-refractivity contribution in [2.45, 2.75) is 51.1 Å². The maximum atomic E-state index is 13.3. The molecular weight excluding hydrogens is 490 g/mol. The Bertz CT molecular complexity index is 1110. The lowest BCUT2D eigenvalue weighted by atomic mass is 10.00. The Labute approximate surface area is 221 Å². The molecule has 0 aliphatic heterocycles. The van der Waals surface area contributed by atoms with Crippen molar-refractivity contribution in [3.63, 3.8) is 0 Å². The summed E-state index contributed by atoms with van der Waals surface area (Å²) in [5.74, 6) is 1.16. The van der Waals surface area contributed by atoms with E-state index >= 15 is 0 Å². The molecule has 2 amide bonds. The molecule has 1 aromatic carbocycles. The maximum absolute atomic E-state index is 13.3. The minimum Gasteiger partial charge on any atom is -0.468 e. The van der Waals surface area contributed by atoms with Crippen molar-refractivity contribution in [1.82, 2.24) is 15.6 Å². The molecule has 2 heterocycles. The number of ketones is 1. The first kappa shape index (κ1) is 28.0. The van der Waals surface area contributed by atoms with Crippen molar-refractivity contribution in [1.29, 1.82) is 0 Å². The molecule has 3 rings (SSSR count). The van der Waals surface area contributed by atoms with Gasteiger partial charge in [-0.25, -0.2) is 4.79 Å². The van der Waals surface area contributed by atoms with Crippen LogP contribution in [0.25, 0.3) is 0 Å². The third-order valence-electron chi connectivity index (χ3n) is 5.45. The molecule has 0 spiro atoms. The number of hydrogen-bond acceptors (Lipinski definition) is 7. The van der Waals surface area contributed by atoms with E-state index in [9.17, 15) is 14.4 Å². The van der Waals surface area contributed by atoms with Gasteiger partial charge in [-0.2, -0.15) is 0 Å². The first-order valence-electron chi connectivity index (χ1n) is 12.2. The molecule has 2 N–H and O–H groups in total. The Kier molecular flexibility index (Phi) is 11.2. The van der Waals surface area contributed by atoms with E-state index in [0.717, 1.165) is 11.3 Å². The SMILES string of the molecule is CC(C)CC(NC(=O)OCc1ccccn1)C(=O)NC(Cc1ccccc1)C(=O)CSCc1ccco1. The molecule has 0 saturated heterocycles. The monoisotopic (exact) mass is 523 g/mol. The zero-order valence-electron chi connectivity index (χ0n) is 21.1. The summed E-state index contributed by atoms with van der Waals surface area (Å²) in [5, 5.41) is 5.54. The number of rotatable bonds is 14. The Balaban J connectivity index is 1.63. The zero-order chi connectivity index (χ0) is 26.5. The van der Waals surface area contributed by atoms with Crippen molar-refractivity contribution in [3.05, 3.63) is 90.1 Å². The number of alkyl carbamates (subject to hydrolysis) is 1. The number of thioether (sulfide) groups is 1. The highest BCUT2D eigenvalue weighted by atomic mass is 32.2. The van der Waals surface area contributed by atoms with E-state index in [1.807, 2.05) is 50.2 Å². The number of pyridine rings is 1. The van der Waals surface area contributed by atoms with Gasteiger partial charge in [0, 0.05) is 6.20 Å². The number of ether oxygens (including phenoxy) is 1. The highest BCUT2D eigenvalue weighted by Gasteiger charge is 2.28. The fraction of sp³-hybridized carbons (Fsp3) is 0.357. The number of benzene rings is 1. The minimum atomic E-state index is -0.849. The average molecular weight is 524 g/mol. The molecule has 0 aliphatic carbocycles. The number of Topliss-reactive ketones (excluding diaryl/α,β-unsaturated/α-hetero) is 1. The highest BCUT2D eigenvalue weighted by Crippen LogP contribution is 2.15. The van der Waals surface area contributed by atoms with Crippen LogP contribution in [0.15, 0.2) is 77.5 Å². The quantitative estimate of drug-likeness (QED) is 0.319. The normalized spacial score (nSPS) is 12.5. The van der Waals surface area contributed by atoms with Gasteiger partial charge in [-0.1, -0.05) is 50.2 Å². The molecule has 9 heteroatoms. The molecule has 2 atom stereocenters. The molecule has 0 bridgehead atoms. The fourth-order valence-corrected chi connectivity index (χ4v) is 4.49. The number of carbonyl (C=O) groups is 3. The Morgan fingerprint density at radius 2 is 1.76 bits per heavy atom. The van der Waals surface area contributed by atoms with Gasteiger partial charge in [0.25, 0.3) is 0 Å². The van der Waals surface area contributed by atoms with Crippen molar-refractivity contribution in [2.24, 2.45) is 5.92 Å². The lowest BCUT2D eigenvalue weighted by Crippen LogP contribution is -2.53. The molecule has 8 nitrogen and oxygen atoms in total. The number of carbonyl (C=O) groups excluding carboxylic acids is 3. The standard InChI is InChI=1S/C28H33N3O5S/c1-20(2)15-25(31-28(34)36-17-22-11-6-7-13-29-22)27(33)30-24(16-21-9-4-3-5-10-21)26(32)19-37-18-23-12-8-14-35-23/h3-14,20,24-25H,15-19H2,1-2H3,(H,30,33)(H,31,34). The fourth-order valence-electron chi connectivity index (χ4n) is 3.62. The van der Waals surface area contributed by atoms with Gasteiger partial charge in [0.05, 0.1) is 29.5 Å². The van der Waals surface area contributed by atoms with Crippen molar-refractivity contribution in [2.75, 3.05) is 5.75 Å². The minimum absolute atomic E-state index is 0.00923. The maximum Gasteiger partial charge on any atom is 0.408 e. The van der Waals surface area contributed by atoms with Crippen LogP contribution in [0.5, 0.6) is 0 Å². The van der Waals surface area contributed by atoms with Crippen LogP contribution < -0.4 is 10.6 Å². The topological polar surface area (TPSA) is 111 Å². The van der Waals surface area contributed by atoms with Crippen LogP contribution >= 0.6 is 11.8 Å². The van der Waals surface area contributed by atoms with Crippen molar-refractivity contribution < 1.29 is 23.5 Å². The van der Waals surface area contributed by atoms with Gasteiger partial charge >= 0.3 is 6.09 Å². The van der Waals surface area contributed by atoms with E-state index in [-0.39, 0.29) is 24.1 Å². The third kappa shape index (κ3) is 10.1. The first-order chi connectivity index (χ1) is 17.9. The molecule has 3 aromatic rings. The number of furan rings is 1. The van der Waals surface area contributed by atoms with Gasteiger partial charge in [-0.05, 0) is 48.6 Å². The smallest absolute Gasteiger partial charge is 0.408 e. The highest BCUT2D eigenvalue weighted by molar-refractivity contribution is 7.99. The van der Waals surface area contributed by atoms with Crippen molar-refractivity contribution in [3.8, 4) is 0 Å². The van der Waals surface area contributed by atoms with Crippen LogP contribution in [0.3, 0.4) is 0 Å². The number of nitrogens with zero attached hydrogens (tertiary/aromatic N) is 1. The van der Waals surface area contributed by atoms with E-state index in [1.54, 1.807) is 36.7 Å². The predicted octanol–water partition coefficient (Wildman–Crippen LogP) is 4.55. The largest absolute Gasteiger partial charge is 0.468 e. The van der Waals surface area contributed by atoms with Gasteiger partial charge in [-0.15, -0.1) is 11.8 Å². The first-order valence-corrected chi connectivity index (χ1v) is 13.4. The molecule has 0 fully saturated rings. The van der Waals surface area contributed by atoms with Crippen LogP contribution in [0.4, 0.5) is 4.79 Å². The summed E-state index contributed by atoms with van der Waals surface area (Å²) in [5.41, 5.74) is 1.53. The van der Waals surface area contributed by atoms with Gasteiger partial charge in [0.2, 0.25) is 5.91 Å². The van der Waals surface area contributed by atoms with Gasteiger partial charge in [0.1, 0.15) is 18.4 Å². The summed E-state index contributed by atoms with van der Waals surface area (Å²) in [6.45, 7) is 3.91. The second-order valence-corrected chi connectivity index (χ2v) is 10.00. The summed E-state index contributed by atoms with van der Waals surface area (Å²) < 4.78 is 10.6. The van der Waals surface area contributed by atoms with Crippen LogP contribution in [-0.2, 0) is 33.1 Å². The second kappa shape index (κ2) is 14.8. The molecule has 2 unspecified atom stereocenters. The van der Waals surface area contributed by atoms with Crippen LogP contribution in [0, 0.1) is 5.92 Å². The van der Waals surface area contributed by atoms with E-state index in [1.165, 1.54) is 11.8 Å². The van der Waals surface area contributed by atoms with Crippen LogP contribution in [0.1, 0.15) is 37.3 Å². The zero-order valence-corrected chi connectivity index (χ0v) is 21.9. The molecular formula is C28H33N3O5S. The number of aromatic nitrogens is 1. The second-order valence-electron chi connectivity index (χ2n) is 9.01. The lowest BCUT2D eigenvalue weighted by Gasteiger charge is -2.24. The average Bonchev–Trinajstić information content (AvgIpc) is 3.41. The molecule has 2 aromatic heterocycles. The van der Waals surface area contributed by atoms with E-state index in [0.29, 0.717) is 24.3 Å².